The van der Waals surface area contributed by atoms with Gasteiger partial charge in [-0.3, -0.25) is 0 Å². The number of ether oxygens (including phenoxy) is 2. The minimum atomic E-state index is 0.263. The minimum Gasteiger partial charge on any atom is -0.507 e. The molecule has 1 aliphatic rings. The smallest absolute Gasteiger partial charge is 0.125 e. The predicted molar refractivity (Wildman–Crippen MR) is 133 cm³/mol. The summed E-state index contributed by atoms with van der Waals surface area (Å²) < 4.78 is 11.7. The molecular formula is C30H28O4. The van der Waals surface area contributed by atoms with Crippen molar-refractivity contribution in [3.63, 3.8) is 0 Å². The number of rotatable bonds is 2. The summed E-state index contributed by atoms with van der Waals surface area (Å²) in [7, 11) is 3.39. The second-order valence-corrected chi connectivity index (χ2v) is 8.78. The van der Waals surface area contributed by atoms with Crippen LogP contribution in [0.4, 0.5) is 0 Å². The second-order valence-electron chi connectivity index (χ2n) is 8.78. The molecule has 1 aliphatic carbocycles. The van der Waals surface area contributed by atoms with E-state index in [-0.39, 0.29) is 11.5 Å². The SMILES string of the molecule is COc1c2cccc1Cc1cccc(c1OC)Cc1cccc(c1O)Cc1cccc(c1O)C2. The van der Waals surface area contributed by atoms with Gasteiger partial charge >= 0.3 is 0 Å². The Balaban J connectivity index is 1.73. The Morgan fingerprint density at radius 1 is 0.441 bits per heavy atom. The van der Waals surface area contributed by atoms with E-state index in [9.17, 15) is 10.2 Å². The number of para-hydroxylation sites is 4. The van der Waals surface area contributed by atoms with Crippen LogP contribution in [0.3, 0.4) is 0 Å². The maximum Gasteiger partial charge on any atom is 0.125 e. The Labute approximate surface area is 200 Å². The molecule has 0 spiro atoms. The second kappa shape index (κ2) is 9.14. The summed E-state index contributed by atoms with van der Waals surface area (Å²) >= 11 is 0. The number of phenols is 2. The summed E-state index contributed by atoms with van der Waals surface area (Å²) in [6, 6.07) is 23.9. The molecule has 2 N–H and O–H groups in total. The first kappa shape index (κ1) is 21.9. The number of benzene rings is 4. The molecule has 4 aromatic carbocycles. The third-order valence-corrected chi connectivity index (χ3v) is 6.69. The highest BCUT2D eigenvalue weighted by Gasteiger charge is 2.19. The highest BCUT2D eigenvalue weighted by molar-refractivity contribution is 5.55. The minimum absolute atomic E-state index is 0.263. The van der Waals surface area contributed by atoms with Crippen molar-refractivity contribution in [3.05, 3.63) is 117 Å². The van der Waals surface area contributed by atoms with E-state index < -0.39 is 0 Å². The van der Waals surface area contributed by atoms with Crippen LogP contribution in [0.5, 0.6) is 23.0 Å². The molecule has 4 aromatic rings. The zero-order valence-electron chi connectivity index (χ0n) is 19.5. The van der Waals surface area contributed by atoms with Gasteiger partial charge in [-0.25, -0.2) is 0 Å². The van der Waals surface area contributed by atoms with Crippen molar-refractivity contribution in [2.75, 3.05) is 14.2 Å². The molecule has 0 saturated carbocycles. The number of phenolic OH excluding ortho intramolecular Hbond substituents is 2. The predicted octanol–water partition coefficient (Wildman–Crippen LogP) is 5.79. The van der Waals surface area contributed by atoms with Gasteiger partial charge in [0.05, 0.1) is 14.2 Å². The third-order valence-electron chi connectivity index (χ3n) is 6.69. The van der Waals surface area contributed by atoms with Crippen LogP contribution in [0.15, 0.2) is 72.8 Å². The van der Waals surface area contributed by atoms with E-state index in [0.29, 0.717) is 25.7 Å². The molecule has 34 heavy (non-hydrogen) atoms. The highest BCUT2D eigenvalue weighted by atomic mass is 16.5. The molecule has 0 radical (unpaired) electrons. The Bertz CT molecular complexity index is 1250. The van der Waals surface area contributed by atoms with Crippen molar-refractivity contribution >= 4 is 0 Å². The molecule has 0 fully saturated rings. The van der Waals surface area contributed by atoms with Gasteiger partial charge in [-0.15, -0.1) is 0 Å². The Morgan fingerprint density at radius 3 is 0.971 bits per heavy atom. The number of fused-ring (bicyclic) bond motifs is 8. The van der Waals surface area contributed by atoms with E-state index in [1.165, 1.54) is 0 Å². The highest BCUT2D eigenvalue weighted by Crippen LogP contribution is 2.37. The lowest BCUT2D eigenvalue weighted by Crippen LogP contribution is -2.04. The summed E-state index contributed by atoms with van der Waals surface area (Å²) in [5, 5.41) is 22.2. The first-order valence-corrected chi connectivity index (χ1v) is 11.5. The summed E-state index contributed by atoms with van der Waals surface area (Å²) in [5.41, 5.74) is 7.37. The van der Waals surface area contributed by atoms with Crippen molar-refractivity contribution in [1.82, 2.24) is 0 Å². The van der Waals surface area contributed by atoms with E-state index in [2.05, 4.69) is 12.1 Å². The number of methoxy groups -OCH3 is 2. The number of aromatic hydroxyl groups is 2. The molecule has 0 atom stereocenters. The molecule has 0 amide bonds. The molecule has 4 nitrogen and oxygen atoms in total. The van der Waals surface area contributed by atoms with Crippen LogP contribution in [-0.2, 0) is 25.7 Å². The van der Waals surface area contributed by atoms with Gasteiger partial charge in [-0.2, -0.15) is 0 Å². The van der Waals surface area contributed by atoms with Crippen LogP contribution in [-0.4, -0.2) is 24.4 Å². The van der Waals surface area contributed by atoms with Crippen molar-refractivity contribution < 1.29 is 19.7 Å². The van der Waals surface area contributed by atoms with Gasteiger partial charge in [0.2, 0.25) is 0 Å². The van der Waals surface area contributed by atoms with Gasteiger partial charge in [-0.1, -0.05) is 72.8 Å². The van der Waals surface area contributed by atoms with Crippen LogP contribution < -0.4 is 9.47 Å². The lowest BCUT2D eigenvalue weighted by molar-refractivity contribution is 0.400. The van der Waals surface area contributed by atoms with Crippen LogP contribution >= 0.6 is 0 Å². The van der Waals surface area contributed by atoms with Crippen LogP contribution in [0.2, 0.25) is 0 Å². The van der Waals surface area contributed by atoms with Crippen LogP contribution in [0, 0.1) is 0 Å². The topological polar surface area (TPSA) is 58.9 Å². The van der Waals surface area contributed by atoms with Gasteiger partial charge in [0, 0.05) is 25.7 Å². The molecule has 8 bridgehead atoms. The molecule has 0 unspecified atom stereocenters. The summed E-state index contributed by atoms with van der Waals surface area (Å²) in [5.74, 6) is 2.18. The van der Waals surface area contributed by atoms with Gasteiger partial charge in [0.1, 0.15) is 23.0 Å². The van der Waals surface area contributed by atoms with Crippen molar-refractivity contribution in [3.8, 4) is 23.0 Å². The molecule has 0 saturated heterocycles. The zero-order valence-corrected chi connectivity index (χ0v) is 19.5. The first-order chi connectivity index (χ1) is 16.6. The average Bonchev–Trinajstić information content (AvgIpc) is 2.84. The average molecular weight is 453 g/mol. The lowest BCUT2D eigenvalue weighted by atomic mass is 9.91. The molecular weight excluding hydrogens is 424 g/mol. The van der Waals surface area contributed by atoms with Crippen LogP contribution in [0.1, 0.15) is 44.5 Å². The van der Waals surface area contributed by atoms with Crippen LogP contribution in [0.25, 0.3) is 0 Å². The van der Waals surface area contributed by atoms with E-state index in [4.69, 9.17) is 9.47 Å². The molecule has 0 aliphatic heterocycles. The van der Waals surface area contributed by atoms with E-state index in [0.717, 1.165) is 56.0 Å². The number of hydrogen-bond acceptors (Lipinski definition) is 4. The standard InChI is InChI=1S/C30H28O4/c1-33-29-23-11-5-13-25(29)18-26-14-6-12-24(30(26)34-2)17-22-10-4-8-20(28(22)32)15-19-7-3-9-21(16-23)27(19)31/h3-14,31-32H,15-18H2,1-2H3. The Kier molecular flexibility index (Phi) is 5.89. The summed E-state index contributed by atoms with van der Waals surface area (Å²) in [6.45, 7) is 0. The summed E-state index contributed by atoms with van der Waals surface area (Å²) in [4.78, 5) is 0. The fourth-order valence-electron chi connectivity index (χ4n) is 5.04. The molecule has 0 heterocycles. The van der Waals surface area contributed by atoms with E-state index in [1.807, 2.05) is 60.7 Å². The third kappa shape index (κ3) is 3.96. The fraction of sp³-hybridized carbons (Fsp3) is 0.200. The van der Waals surface area contributed by atoms with Gasteiger partial charge in [-0.05, 0) is 44.5 Å². The quantitative estimate of drug-likeness (QED) is 0.356. The lowest BCUT2D eigenvalue weighted by Gasteiger charge is -2.19. The molecule has 172 valence electrons. The van der Waals surface area contributed by atoms with Gasteiger partial charge in [0.15, 0.2) is 0 Å². The van der Waals surface area contributed by atoms with E-state index >= 15 is 0 Å². The first-order valence-electron chi connectivity index (χ1n) is 11.5. The fourth-order valence-corrected chi connectivity index (χ4v) is 5.04. The molecule has 0 aromatic heterocycles. The Hall–Kier alpha value is -3.92. The normalized spacial score (nSPS) is 12.8. The van der Waals surface area contributed by atoms with Crippen molar-refractivity contribution in [2.24, 2.45) is 0 Å². The number of hydrogen-bond donors (Lipinski definition) is 2. The largest absolute Gasteiger partial charge is 0.507 e. The van der Waals surface area contributed by atoms with Gasteiger partial charge < -0.3 is 19.7 Å². The summed E-state index contributed by atoms with van der Waals surface area (Å²) in [6.07, 6.45) is 2.17. The monoisotopic (exact) mass is 452 g/mol. The maximum atomic E-state index is 11.1. The molecule has 4 heteroatoms. The van der Waals surface area contributed by atoms with E-state index in [1.54, 1.807) is 14.2 Å². The van der Waals surface area contributed by atoms with Crippen molar-refractivity contribution in [2.45, 2.75) is 25.7 Å². The van der Waals surface area contributed by atoms with Gasteiger partial charge in [0.25, 0.3) is 0 Å². The molecule has 5 rings (SSSR count). The maximum absolute atomic E-state index is 11.1. The Morgan fingerprint density at radius 2 is 0.676 bits per heavy atom. The van der Waals surface area contributed by atoms with Crippen molar-refractivity contribution in [1.29, 1.82) is 0 Å². The zero-order chi connectivity index (χ0) is 23.7.